The van der Waals surface area contributed by atoms with E-state index in [0.29, 0.717) is 28.1 Å². The molecule has 2 heterocycles. The Hall–Kier alpha value is -3.78. The summed E-state index contributed by atoms with van der Waals surface area (Å²) >= 11 is 1.38. The third-order valence-corrected chi connectivity index (χ3v) is 6.13. The Morgan fingerprint density at radius 1 is 1.09 bits per heavy atom. The molecule has 0 unspecified atom stereocenters. The first kappa shape index (κ1) is 22.0. The van der Waals surface area contributed by atoms with Crippen molar-refractivity contribution in [1.82, 2.24) is 0 Å². The first-order chi connectivity index (χ1) is 16.6. The van der Waals surface area contributed by atoms with Crippen molar-refractivity contribution in [2.75, 3.05) is 24.1 Å². The summed E-state index contributed by atoms with van der Waals surface area (Å²) in [5.74, 6) is 1.37. The normalized spacial score (nSPS) is 15.7. The monoisotopic (exact) mass is 476 g/mol. The topological polar surface area (TPSA) is 60.4 Å². The van der Waals surface area contributed by atoms with Gasteiger partial charge in [-0.25, -0.2) is 9.38 Å². The molecule has 1 amide bonds. The molecular formula is C26H21FN2O4S. The minimum Gasteiger partial charge on any atom is -0.490 e. The van der Waals surface area contributed by atoms with Gasteiger partial charge in [0.25, 0.3) is 5.91 Å². The lowest BCUT2D eigenvalue weighted by Gasteiger charge is -2.18. The van der Waals surface area contributed by atoms with Crippen LogP contribution in [0.5, 0.6) is 17.2 Å². The average Bonchev–Trinajstić information content (AvgIpc) is 3.42. The summed E-state index contributed by atoms with van der Waals surface area (Å²) in [5, 5.41) is 0.540. The Balaban J connectivity index is 1.36. The summed E-state index contributed by atoms with van der Waals surface area (Å²) in [6, 6.07) is 19.4. The standard InChI is InChI=1S/C26H21FN2O4S/c1-17-6-9-19(10-7-17)29-25(30)21(14-18-8-11-23-24(15-18)33-16-32-23)28-26(29)34-13-12-31-22-5-3-2-4-20(22)27/h2-11,14-15H,12-13,16H2,1H3. The number of amides is 1. The van der Waals surface area contributed by atoms with Gasteiger partial charge < -0.3 is 14.2 Å². The van der Waals surface area contributed by atoms with E-state index < -0.39 is 5.82 Å². The highest BCUT2D eigenvalue weighted by atomic mass is 32.2. The second-order valence-electron chi connectivity index (χ2n) is 7.64. The molecule has 0 spiro atoms. The van der Waals surface area contributed by atoms with Crippen molar-refractivity contribution in [2.45, 2.75) is 6.92 Å². The number of aliphatic imine (C=N–C) groups is 1. The van der Waals surface area contributed by atoms with E-state index in [1.807, 2.05) is 49.4 Å². The van der Waals surface area contributed by atoms with Gasteiger partial charge in [0.15, 0.2) is 28.2 Å². The van der Waals surface area contributed by atoms with E-state index in [-0.39, 0.29) is 25.1 Å². The Morgan fingerprint density at radius 2 is 1.88 bits per heavy atom. The molecule has 34 heavy (non-hydrogen) atoms. The fraction of sp³-hybridized carbons (Fsp3) is 0.154. The summed E-state index contributed by atoms with van der Waals surface area (Å²) in [7, 11) is 0. The molecule has 3 aromatic carbocycles. The molecule has 6 nitrogen and oxygen atoms in total. The van der Waals surface area contributed by atoms with Gasteiger partial charge in [-0.2, -0.15) is 0 Å². The van der Waals surface area contributed by atoms with E-state index in [2.05, 4.69) is 4.99 Å². The number of thioether (sulfide) groups is 1. The molecule has 0 saturated carbocycles. The van der Waals surface area contributed by atoms with Crippen LogP contribution in [0.15, 0.2) is 77.4 Å². The lowest BCUT2D eigenvalue weighted by atomic mass is 10.1. The Kier molecular flexibility index (Phi) is 6.22. The number of ether oxygens (including phenoxy) is 3. The zero-order chi connectivity index (χ0) is 23.5. The zero-order valence-corrected chi connectivity index (χ0v) is 19.2. The van der Waals surface area contributed by atoms with Crippen LogP contribution < -0.4 is 19.1 Å². The van der Waals surface area contributed by atoms with Gasteiger partial charge >= 0.3 is 0 Å². The van der Waals surface area contributed by atoms with Gasteiger partial charge in [0.2, 0.25) is 6.79 Å². The van der Waals surface area contributed by atoms with Gasteiger partial charge in [-0.3, -0.25) is 9.69 Å². The maximum atomic E-state index is 13.8. The maximum Gasteiger partial charge on any atom is 0.283 e. The van der Waals surface area contributed by atoms with Gasteiger partial charge in [0.05, 0.1) is 12.3 Å². The van der Waals surface area contributed by atoms with Crippen LogP contribution in [0, 0.1) is 12.7 Å². The fourth-order valence-electron chi connectivity index (χ4n) is 3.52. The van der Waals surface area contributed by atoms with E-state index in [0.717, 1.165) is 16.8 Å². The molecule has 0 N–H and O–H groups in total. The lowest BCUT2D eigenvalue weighted by molar-refractivity contribution is -0.113. The molecule has 0 atom stereocenters. The van der Waals surface area contributed by atoms with Gasteiger partial charge in [0, 0.05) is 5.75 Å². The number of nitrogens with zero attached hydrogens (tertiary/aromatic N) is 2. The van der Waals surface area contributed by atoms with Crippen LogP contribution in [0.2, 0.25) is 0 Å². The van der Waals surface area contributed by atoms with Crippen molar-refractivity contribution >= 4 is 34.6 Å². The van der Waals surface area contributed by atoms with Crippen LogP contribution in [0.4, 0.5) is 10.1 Å². The van der Waals surface area contributed by atoms with Gasteiger partial charge in [-0.15, -0.1) is 0 Å². The van der Waals surface area contributed by atoms with Crippen LogP contribution in [-0.4, -0.2) is 30.2 Å². The highest BCUT2D eigenvalue weighted by Crippen LogP contribution is 2.34. The molecule has 172 valence electrons. The third-order valence-electron chi connectivity index (χ3n) is 5.23. The number of para-hydroxylation sites is 1. The number of halogens is 1. The van der Waals surface area contributed by atoms with Crippen LogP contribution in [-0.2, 0) is 4.79 Å². The summed E-state index contributed by atoms with van der Waals surface area (Å²) in [5.41, 5.74) is 2.92. The first-order valence-electron chi connectivity index (χ1n) is 10.7. The molecule has 0 fully saturated rings. The molecule has 5 rings (SSSR count). The van der Waals surface area contributed by atoms with E-state index in [9.17, 15) is 9.18 Å². The SMILES string of the molecule is Cc1ccc(N2C(=O)C(=Cc3ccc4c(c3)OCO4)N=C2SCCOc2ccccc2F)cc1. The largest absolute Gasteiger partial charge is 0.490 e. The molecule has 0 aromatic heterocycles. The lowest BCUT2D eigenvalue weighted by Crippen LogP contribution is -2.30. The zero-order valence-electron chi connectivity index (χ0n) is 18.4. The quantitative estimate of drug-likeness (QED) is 0.351. The Morgan fingerprint density at radius 3 is 2.71 bits per heavy atom. The minimum atomic E-state index is -0.406. The first-order valence-corrected chi connectivity index (χ1v) is 11.7. The number of rotatable bonds is 6. The molecular weight excluding hydrogens is 455 g/mol. The number of carbonyl (C=O) groups is 1. The van der Waals surface area contributed by atoms with Crippen molar-refractivity contribution in [3.05, 3.63) is 89.4 Å². The van der Waals surface area contributed by atoms with Gasteiger partial charge in [0.1, 0.15) is 5.70 Å². The predicted molar refractivity (Wildman–Crippen MR) is 131 cm³/mol. The molecule has 0 saturated heterocycles. The Labute approximate surface area is 200 Å². The van der Waals surface area contributed by atoms with Crippen LogP contribution in [0.3, 0.4) is 0 Å². The predicted octanol–water partition coefficient (Wildman–Crippen LogP) is 5.42. The minimum absolute atomic E-state index is 0.184. The Bertz CT molecular complexity index is 1290. The molecule has 3 aromatic rings. The molecule has 0 radical (unpaired) electrons. The number of fused-ring (bicyclic) bond motifs is 1. The molecule has 2 aliphatic heterocycles. The molecule has 0 aliphatic carbocycles. The number of aryl methyl sites for hydroxylation is 1. The van der Waals surface area contributed by atoms with E-state index in [1.165, 1.54) is 17.8 Å². The van der Waals surface area contributed by atoms with Crippen LogP contribution in [0.1, 0.15) is 11.1 Å². The summed E-state index contributed by atoms with van der Waals surface area (Å²) in [6.45, 7) is 2.44. The molecule has 2 aliphatic rings. The number of carbonyl (C=O) groups excluding carboxylic acids is 1. The van der Waals surface area contributed by atoms with Crippen molar-refractivity contribution < 1.29 is 23.4 Å². The maximum absolute atomic E-state index is 13.8. The third kappa shape index (κ3) is 4.63. The molecule has 8 heteroatoms. The van der Waals surface area contributed by atoms with E-state index in [4.69, 9.17) is 14.2 Å². The number of anilines is 1. The van der Waals surface area contributed by atoms with Crippen molar-refractivity contribution in [1.29, 1.82) is 0 Å². The summed E-state index contributed by atoms with van der Waals surface area (Å²) in [6.07, 6.45) is 1.73. The van der Waals surface area contributed by atoms with E-state index >= 15 is 0 Å². The highest BCUT2D eigenvalue weighted by molar-refractivity contribution is 8.14. The van der Waals surface area contributed by atoms with Gasteiger partial charge in [-0.1, -0.05) is 47.7 Å². The van der Waals surface area contributed by atoms with Gasteiger partial charge in [-0.05, 0) is 55.0 Å². The van der Waals surface area contributed by atoms with Crippen LogP contribution >= 0.6 is 11.8 Å². The van der Waals surface area contributed by atoms with Crippen LogP contribution in [0.25, 0.3) is 6.08 Å². The van der Waals surface area contributed by atoms with Crippen molar-refractivity contribution in [3.8, 4) is 17.2 Å². The summed E-state index contributed by atoms with van der Waals surface area (Å²) in [4.78, 5) is 19.5. The fourth-order valence-corrected chi connectivity index (χ4v) is 4.35. The number of benzene rings is 3. The van der Waals surface area contributed by atoms with E-state index in [1.54, 1.807) is 29.2 Å². The second-order valence-corrected chi connectivity index (χ2v) is 8.70. The number of hydrogen-bond acceptors (Lipinski definition) is 6. The highest BCUT2D eigenvalue weighted by Gasteiger charge is 2.32. The average molecular weight is 477 g/mol. The number of hydrogen-bond donors (Lipinski definition) is 0. The number of amidine groups is 1. The van der Waals surface area contributed by atoms with Crippen molar-refractivity contribution in [2.24, 2.45) is 4.99 Å². The second kappa shape index (κ2) is 9.61. The summed E-state index contributed by atoms with van der Waals surface area (Å²) < 4.78 is 30.1. The van der Waals surface area contributed by atoms with Crippen molar-refractivity contribution in [3.63, 3.8) is 0 Å². The molecule has 0 bridgehead atoms. The smallest absolute Gasteiger partial charge is 0.283 e.